The Hall–Kier alpha value is -1.45. The largest absolute Gasteiger partial charge is 0.726 e. The number of rotatable bonds is 10. The first kappa shape index (κ1) is 30.8. The van der Waals surface area contributed by atoms with Crippen molar-refractivity contribution in [1.29, 1.82) is 0 Å². The summed E-state index contributed by atoms with van der Waals surface area (Å²) < 4.78 is 92.0. The van der Waals surface area contributed by atoms with E-state index in [1.54, 1.807) is 13.8 Å². The number of hydrogen-bond acceptors (Lipinski definition) is 14. The molecule has 0 aromatic heterocycles. The van der Waals surface area contributed by atoms with E-state index in [1.807, 2.05) is 0 Å². The SMILES string of the molecule is CC1(C)OC(COS(=O)(=O)[O-])[C@@](C)(COC[C@@]2(C)OC(C(=O)O)=C[C@@H](O)C2OS(=O)(=O)[O-])[C@@H](O)C1[NH3+]. The van der Waals surface area contributed by atoms with Gasteiger partial charge in [-0.25, -0.2) is 21.6 Å². The molecule has 16 nitrogen and oxygen atoms in total. The minimum absolute atomic E-state index is 0.471. The molecule has 2 aliphatic heterocycles. The van der Waals surface area contributed by atoms with E-state index >= 15 is 0 Å². The lowest BCUT2D eigenvalue weighted by molar-refractivity contribution is -0.498. The number of carbonyl (C=O) groups is 1. The van der Waals surface area contributed by atoms with Gasteiger partial charge in [-0.05, 0) is 26.8 Å². The van der Waals surface area contributed by atoms with Gasteiger partial charge < -0.3 is 44.4 Å². The highest BCUT2D eigenvalue weighted by molar-refractivity contribution is 7.81. The van der Waals surface area contributed by atoms with Crippen molar-refractivity contribution in [2.75, 3.05) is 19.8 Å². The second-order valence-electron chi connectivity index (χ2n) is 9.62. The van der Waals surface area contributed by atoms with Crippen LogP contribution >= 0.6 is 0 Å². The summed E-state index contributed by atoms with van der Waals surface area (Å²) in [6.45, 7) is 3.77. The van der Waals surface area contributed by atoms with Gasteiger partial charge in [0.25, 0.3) is 0 Å². The summed E-state index contributed by atoms with van der Waals surface area (Å²) >= 11 is 0. The third-order valence-corrected chi connectivity index (χ3v) is 7.17. The van der Waals surface area contributed by atoms with E-state index in [1.165, 1.54) is 6.92 Å². The highest BCUT2D eigenvalue weighted by Gasteiger charge is 2.58. The van der Waals surface area contributed by atoms with E-state index in [0.717, 1.165) is 6.92 Å². The quantitative estimate of drug-likeness (QED) is 0.149. The lowest BCUT2D eigenvalue weighted by Crippen LogP contribution is -2.82. The van der Waals surface area contributed by atoms with E-state index < -0.39 is 99.4 Å². The summed E-state index contributed by atoms with van der Waals surface area (Å²) in [6, 6.07) is -0.780. The van der Waals surface area contributed by atoms with E-state index in [-0.39, 0.29) is 0 Å². The first-order valence-corrected chi connectivity index (χ1v) is 13.1. The van der Waals surface area contributed by atoms with Crippen LogP contribution in [0, 0.1) is 5.41 Å². The zero-order valence-corrected chi connectivity index (χ0v) is 21.5. The molecule has 2 rings (SSSR count). The van der Waals surface area contributed by atoms with Gasteiger partial charge in [-0.3, -0.25) is 8.37 Å². The predicted molar refractivity (Wildman–Crippen MR) is 112 cm³/mol. The van der Waals surface area contributed by atoms with Crippen LogP contribution in [0.4, 0.5) is 0 Å². The molecule has 0 radical (unpaired) electrons. The number of aliphatic hydroxyl groups excluding tert-OH is 2. The number of ether oxygens (including phenoxy) is 3. The van der Waals surface area contributed by atoms with Gasteiger partial charge in [-0.1, -0.05) is 6.92 Å². The van der Waals surface area contributed by atoms with E-state index in [9.17, 15) is 46.1 Å². The Morgan fingerprint density at radius 3 is 2.19 bits per heavy atom. The maximum Gasteiger partial charge on any atom is 0.370 e. The summed E-state index contributed by atoms with van der Waals surface area (Å²) in [5.41, 5.74) is -0.716. The molecular weight excluding hydrogens is 534 g/mol. The maximum absolute atomic E-state index is 11.4. The summed E-state index contributed by atoms with van der Waals surface area (Å²) in [5.74, 6) is -2.37. The molecule has 0 bridgehead atoms. The van der Waals surface area contributed by atoms with Crippen LogP contribution in [-0.2, 0) is 48.2 Å². The van der Waals surface area contributed by atoms with Gasteiger partial charge in [0, 0.05) is 0 Å². The molecule has 0 spiro atoms. The first-order valence-electron chi connectivity index (χ1n) is 10.4. The Bertz CT molecular complexity index is 1070. The number of aliphatic carboxylic acids is 1. The molecule has 1 fully saturated rings. The van der Waals surface area contributed by atoms with Crippen molar-refractivity contribution in [1.82, 2.24) is 0 Å². The summed E-state index contributed by atoms with van der Waals surface area (Å²) in [5, 5.41) is 30.5. The Morgan fingerprint density at radius 2 is 1.69 bits per heavy atom. The lowest BCUT2D eigenvalue weighted by Gasteiger charge is -2.52. The monoisotopic (exact) mass is 564 g/mol. The zero-order valence-electron chi connectivity index (χ0n) is 19.8. The molecule has 210 valence electrons. The molecule has 6 N–H and O–H groups in total. The Labute approximate surface area is 207 Å². The topological polar surface area (TPSA) is 266 Å². The van der Waals surface area contributed by atoms with E-state index in [4.69, 9.17) is 14.2 Å². The third kappa shape index (κ3) is 7.10. The van der Waals surface area contributed by atoms with Gasteiger partial charge in [-0.2, -0.15) is 0 Å². The van der Waals surface area contributed by atoms with Gasteiger partial charge in [0.1, 0.15) is 30.0 Å². The van der Waals surface area contributed by atoms with Crippen molar-refractivity contribution >= 4 is 26.8 Å². The van der Waals surface area contributed by atoms with Gasteiger partial charge >= 0.3 is 5.97 Å². The van der Waals surface area contributed by atoms with Crippen LogP contribution in [0.15, 0.2) is 11.8 Å². The predicted octanol–water partition coefficient (Wildman–Crippen LogP) is -3.40. The summed E-state index contributed by atoms with van der Waals surface area (Å²) in [6.07, 6.45) is -5.69. The molecule has 1 saturated heterocycles. The molecule has 0 aromatic carbocycles. The molecule has 2 heterocycles. The average molecular weight is 565 g/mol. The van der Waals surface area contributed by atoms with E-state index in [2.05, 4.69) is 14.1 Å². The smallest absolute Gasteiger partial charge is 0.370 e. The van der Waals surface area contributed by atoms with Crippen LogP contribution in [0.5, 0.6) is 0 Å². The average Bonchev–Trinajstić information content (AvgIpc) is 2.70. The fraction of sp³-hybridized carbons (Fsp3) is 0.833. The number of hydrogen-bond donors (Lipinski definition) is 4. The van der Waals surface area contributed by atoms with Crippen LogP contribution in [0.3, 0.4) is 0 Å². The van der Waals surface area contributed by atoms with Crippen LogP contribution < -0.4 is 5.73 Å². The molecule has 7 atom stereocenters. The van der Waals surface area contributed by atoms with Crippen LogP contribution in [-0.4, -0.2) is 109 Å². The summed E-state index contributed by atoms with van der Waals surface area (Å²) in [7, 11) is -10.5. The molecule has 2 aliphatic rings. The number of carboxylic acid groups (broad SMARTS) is 1. The van der Waals surface area contributed by atoms with Crippen molar-refractivity contribution in [2.24, 2.45) is 5.41 Å². The molecule has 0 aliphatic carbocycles. The molecule has 0 amide bonds. The maximum atomic E-state index is 11.4. The zero-order chi connectivity index (χ0) is 27.9. The Morgan fingerprint density at radius 1 is 1.11 bits per heavy atom. The Kier molecular flexibility index (Phi) is 8.86. The summed E-state index contributed by atoms with van der Waals surface area (Å²) in [4.78, 5) is 11.4. The van der Waals surface area contributed by atoms with Crippen LogP contribution in [0.2, 0.25) is 0 Å². The molecule has 0 saturated carbocycles. The van der Waals surface area contributed by atoms with Crippen molar-refractivity contribution < 1.29 is 74.4 Å². The van der Waals surface area contributed by atoms with Crippen LogP contribution in [0.1, 0.15) is 27.7 Å². The molecule has 0 aromatic rings. The van der Waals surface area contributed by atoms with Gasteiger partial charge in [-0.15, -0.1) is 0 Å². The van der Waals surface area contributed by atoms with Crippen LogP contribution in [0.25, 0.3) is 0 Å². The van der Waals surface area contributed by atoms with Crippen molar-refractivity contribution in [3.8, 4) is 0 Å². The fourth-order valence-corrected chi connectivity index (χ4v) is 4.96. The highest BCUT2D eigenvalue weighted by atomic mass is 32.3. The lowest BCUT2D eigenvalue weighted by atomic mass is 9.70. The first-order chi connectivity index (χ1) is 16.1. The minimum Gasteiger partial charge on any atom is -0.726 e. The molecule has 3 unspecified atom stereocenters. The molecule has 36 heavy (non-hydrogen) atoms. The Balaban J connectivity index is 2.31. The number of quaternary nitrogens is 1. The fourth-order valence-electron chi connectivity index (χ4n) is 4.10. The molecule has 18 heteroatoms. The number of aliphatic hydroxyl groups is 2. The third-order valence-electron chi connectivity index (χ3n) is 6.31. The van der Waals surface area contributed by atoms with Crippen molar-refractivity contribution in [2.45, 2.75) is 69.4 Å². The second-order valence-corrected chi connectivity index (χ2v) is 11.7. The second kappa shape index (κ2) is 10.4. The van der Waals surface area contributed by atoms with Gasteiger partial charge in [0.05, 0.1) is 31.3 Å². The van der Waals surface area contributed by atoms with Gasteiger partial charge in [0.15, 0.2) is 5.60 Å². The standard InChI is InChI=1S/C18H31NO15S2/c1-16(2)12(19)13(21)17(3,11(33-16)6-31-35(24,25)26)7-30-8-18(4)14(34-36(27,28)29)9(20)5-10(32-18)15(22)23/h5,9,11-14,20-21H,6-8,19H2,1-4H3,(H,22,23)(H,24,25,26)(H,27,28,29)/p-1/t9-,11?,12?,13+,14?,17-,18-/m1/s1. The van der Waals surface area contributed by atoms with Crippen molar-refractivity contribution in [3.63, 3.8) is 0 Å². The highest BCUT2D eigenvalue weighted by Crippen LogP contribution is 2.41. The minimum atomic E-state index is -5.38. The van der Waals surface area contributed by atoms with Crippen molar-refractivity contribution in [3.05, 3.63) is 11.8 Å². The normalized spacial score (nSPS) is 37.1. The van der Waals surface area contributed by atoms with E-state index in [0.29, 0.717) is 6.08 Å². The number of carboxylic acids is 1. The molecular formula is C18H30NO15S2-. The van der Waals surface area contributed by atoms with Gasteiger partial charge in [0.2, 0.25) is 26.6 Å².